The second-order valence-corrected chi connectivity index (χ2v) is 4.06. The Bertz CT molecular complexity index is 346. The summed E-state index contributed by atoms with van der Waals surface area (Å²) < 4.78 is 0. The molecule has 0 aliphatic heterocycles. The first kappa shape index (κ1) is 11.9. The summed E-state index contributed by atoms with van der Waals surface area (Å²) in [7, 11) is 0. The number of hydrogen-bond acceptors (Lipinski definition) is 5. The van der Waals surface area contributed by atoms with Gasteiger partial charge >= 0.3 is 0 Å². The van der Waals surface area contributed by atoms with Crippen molar-refractivity contribution < 1.29 is 24.9 Å². The summed E-state index contributed by atoms with van der Waals surface area (Å²) in [5.41, 5.74) is -3.82. The molecule has 0 aromatic heterocycles. The van der Waals surface area contributed by atoms with Crippen LogP contribution in [0.15, 0.2) is 11.8 Å². The highest BCUT2D eigenvalue weighted by molar-refractivity contribution is 5.91. The third-order valence-electron chi connectivity index (χ3n) is 2.71. The molecule has 0 saturated carbocycles. The average Bonchev–Trinajstić information content (AvgIpc) is 2.00. The highest BCUT2D eigenvalue weighted by Crippen LogP contribution is 2.34. The first-order valence-corrected chi connectivity index (χ1v) is 4.57. The van der Waals surface area contributed by atoms with E-state index < -0.39 is 29.2 Å². The van der Waals surface area contributed by atoms with Crippen molar-refractivity contribution in [1.82, 2.24) is 0 Å². The summed E-state index contributed by atoms with van der Waals surface area (Å²) in [5, 5.41) is 29.0. The Kier molecular flexibility index (Phi) is 2.71. The van der Waals surface area contributed by atoms with Gasteiger partial charge in [0.05, 0.1) is 5.76 Å². The van der Waals surface area contributed by atoms with Gasteiger partial charge in [-0.15, -0.1) is 0 Å². The van der Waals surface area contributed by atoms with Crippen molar-refractivity contribution >= 4 is 11.6 Å². The van der Waals surface area contributed by atoms with Crippen molar-refractivity contribution in [3.8, 4) is 0 Å². The third kappa shape index (κ3) is 2.08. The molecule has 0 spiro atoms. The monoisotopic (exact) mass is 214 g/mol. The molecule has 0 bridgehead atoms. The van der Waals surface area contributed by atoms with Crippen LogP contribution in [0.1, 0.15) is 26.7 Å². The predicted octanol–water partition coefficient (Wildman–Crippen LogP) is -0.138. The van der Waals surface area contributed by atoms with Gasteiger partial charge in [-0.1, -0.05) is 0 Å². The van der Waals surface area contributed by atoms with Gasteiger partial charge in [0, 0.05) is 12.8 Å². The smallest absolute Gasteiger partial charge is 0.165 e. The molecule has 15 heavy (non-hydrogen) atoms. The fraction of sp³-hybridized carbons (Fsp3) is 0.600. The van der Waals surface area contributed by atoms with Crippen LogP contribution in [-0.2, 0) is 9.59 Å². The summed E-state index contributed by atoms with van der Waals surface area (Å²) in [6, 6.07) is 0. The third-order valence-corrected chi connectivity index (χ3v) is 2.71. The zero-order chi connectivity index (χ0) is 11.9. The first-order valence-electron chi connectivity index (χ1n) is 4.57. The van der Waals surface area contributed by atoms with Crippen LogP contribution in [0.2, 0.25) is 0 Å². The lowest BCUT2D eigenvalue weighted by Gasteiger charge is -2.36. The van der Waals surface area contributed by atoms with Crippen LogP contribution in [0.4, 0.5) is 0 Å². The molecule has 3 N–H and O–H groups in total. The Hall–Kier alpha value is -1.20. The summed E-state index contributed by atoms with van der Waals surface area (Å²) in [5.74, 6) is -1.55. The molecule has 0 amide bonds. The average molecular weight is 214 g/mol. The van der Waals surface area contributed by atoms with Crippen LogP contribution in [0.25, 0.3) is 0 Å². The van der Waals surface area contributed by atoms with E-state index in [1.54, 1.807) is 0 Å². The molecule has 0 saturated heterocycles. The molecule has 0 aromatic rings. The van der Waals surface area contributed by atoms with E-state index in [2.05, 4.69) is 0 Å². The van der Waals surface area contributed by atoms with E-state index in [0.717, 1.165) is 19.9 Å². The van der Waals surface area contributed by atoms with Crippen LogP contribution in [-0.4, -0.2) is 38.1 Å². The molecular formula is C10H14O5. The standard InChI is InChI=1S/C10H14O5/c1-6(11)9(14)3-8(13)4-10(15,5-9)7(2)12/h3,13-15H,4-5H2,1-2H3. The van der Waals surface area contributed by atoms with Crippen LogP contribution >= 0.6 is 0 Å². The number of carbonyl (C=O) groups excluding carboxylic acids is 2. The van der Waals surface area contributed by atoms with Crippen LogP contribution in [0.3, 0.4) is 0 Å². The number of rotatable bonds is 2. The highest BCUT2D eigenvalue weighted by atomic mass is 16.3. The zero-order valence-electron chi connectivity index (χ0n) is 8.65. The summed E-state index contributed by atoms with van der Waals surface area (Å²) >= 11 is 0. The van der Waals surface area contributed by atoms with Gasteiger partial charge in [0.2, 0.25) is 0 Å². The van der Waals surface area contributed by atoms with Crippen molar-refractivity contribution in [1.29, 1.82) is 0 Å². The fourth-order valence-corrected chi connectivity index (χ4v) is 1.66. The molecule has 0 radical (unpaired) electrons. The van der Waals surface area contributed by atoms with Gasteiger partial charge < -0.3 is 15.3 Å². The SMILES string of the molecule is CC(=O)C1(O)C=C(O)CC(O)(C(C)=O)C1. The summed E-state index contributed by atoms with van der Waals surface area (Å²) in [6.07, 6.45) is 0.305. The van der Waals surface area contributed by atoms with E-state index in [-0.39, 0.29) is 12.2 Å². The van der Waals surface area contributed by atoms with E-state index in [4.69, 9.17) is 0 Å². The first-order chi connectivity index (χ1) is 6.69. The molecule has 1 rings (SSSR count). The topological polar surface area (TPSA) is 94.8 Å². The van der Waals surface area contributed by atoms with Gasteiger partial charge in [-0.3, -0.25) is 9.59 Å². The number of aliphatic hydroxyl groups is 3. The van der Waals surface area contributed by atoms with Gasteiger partial charge in [-0.2, -0.15) is 0 Å². The Balaban J connectivity index is 3.14. The van der Waals surface area contributed by atoms with Crippen molar-refractivity contribution in [2.24, 2.45) is 0 Å². The molecule has 1 aliphatic carbocycles. The van der Waals surface area contributed by atoms with Gasteiger partial charge in [0.1, 0.15) is 11.2 Å². The van der Waals surface area contributed by atoms with Gasteiger partial charge in [-0.05, 0) is 19.9 Å². The maximum absolute atomic E-state index is 11.2. The summed E-state index contributed by atoms with van der Waals surface area (Å²) in [4.78, 5) is 22.3. The van der Waals surface area contributed by atoms with Gasteiger partial charge in [0.15, 0.2) is 11.6 Å². The van der Waals surface area contributed by atoms with Crippen LogP contribution in [0.5, 0.6) is 0 Å². The zero-order valence-corrected chi connectivity index (χ0v) is 8.65. The van der Waals surface area contributed by atoms with E-state index >= 15 is 0 Å². The molecule has 2 unspecified atom stereocenters. The van der Waals surface area contributed by atoms with Crippen molar-refractivity contribution in [2.45, 2.75) is 37.9 Å². The Morgan fingerprint density at radius 2 is 1.80 bits per heavy atom. The molecule has 5 heteroatoms. The van der Waals surface area contributed by atoms with Crippen molar-refractivity contribution in [3.05, 3.63) is 11.8 Å². The molecule has 1 aliphatic rings. The Morgan fingerprint density at radius 1 is 1.27 bits per heavy atom. The van der Waals surface area contributed by atoms with Gasteiger partial charge in [0.25, 0.3) is 0 Å². The quantitative estimate of drug-likeness (QED) is 0.594. The van der Waals surface area contributed by atoms with Crippen molar-refractivity contribution in [2.75, 3.05) is 0 Å². The highest BCUT2D eigenvalue weighted by Gasteiger charge is 2.48. The normalized spacial score (nSPS) is 35.9. The van der Waals surface area contributed by atoms with E-state index in [9.17, 15) is 24.9 Å². The number of Topliss-reactive ketones (excluding diaryl/α,β-unsaturated/α-hetero) is 2. The second kappa shape index (κ2) is 3.43. The minimum atomic E-state index is -1.96. The number of hydrogen-bond donors (Lipinski definition) is 3. The molecule has 84 valence electrons. The molecule has 2 atom stereocenters. The molecule has 0 heterocycles. The number of carbonyl (C=O) groups is 2. The van der Waals surface area contributed by atoms with E-state index in [1.165, 1.54) is 0 Å². The second-order valence-electron chi connectivity index (χ2n) is 4.06. The molecule has 0 fully saturated rings. The van der Waals surface area contributed by atoms with E-state index in [0.29, 0.717) is 0 Å². The van der Waals surface area contributed by atoms with Crippen molar-refractivity contribution in [3.63, 3.8) is 0 Å². The maximum Gasteiger partial charge on any atom is 0.165 e. The van der Waals surface area contributed by atoms with Crippen LogP contribution < -0.4 is 0 Å². The summed E-state index contributed by atoms with van der Waals surface area (Å²) in [6.45, 7) is 2.29. The number of ketones is 2. The lowest BCUT2D eigenvalue weighted by molar-refractivity contribution is -0.150. The van der Waals surface area contributed by atoms with Crippen LogP contribution in [0, 0.1) is 0 Å². The van der Waals surface area contributed by atoms with E-state index in [1.807, 2.05) is 0 Å². The lowest BCUT2D eigenvalue weighted by Crippen LogP contribution is -2.51. The number of aliphatic hydroxyl groups excluding tert-OH is 1. The molecular weight excluding hydrogens is 200 g/mol. The maximum atomic E-state index is 11.2. The molecule has 5 nitrogen and oxygen atoms in total. The Labute approximate surface area is 87.0 Å². The minimum Gasteiger partial charge on any atom is -0.512 e. The largest absolute Gasteiger partial charge is 0.512 e. The predicted molar refractivity (Wildman–Crippen MR) is 51.2 cm³/mol. The lowest BCUT2D eigenvalue weighted by atomic mass is 9.75. The Morgan fingerprint density at radius 3 is 2.20 bits per heavy atom. The van der Waals surface area contributed by atoms with Gasteiger partial charge in [-0.25, -0.2) is 0 Å². The minimum absolute atomic E-state index is 0.266. The fourth-order valence-electron chi connectivity index (χ4n) is 1.66. The molecule has 0 aromatic carbocycles.